The number of rotatable bonds is 8. The van der Waals surface area contributed by atoms with E-state index in [0.29, 0.717) is 23.9 Å². The summed E-state index contributed by atoms with van der Waals surface area (Å²) in [4.78, 5) is 12.4. The summed E-state index contributed by atoms with van der Waals surface area (Å²) >= 11 is 0. The fourth-order valence-corrected chi connectivity index (χ4v) is 3.22. The number of ether oxygens (including phenoxy) is 4. The highest BCUT2D eigenvalue weighted by Crippen LogP contribution is 2.47. The Kier molecular flexibility index (Phi) is 6.88. The number of methoxy groups -OCH3 is 3. The minimum atomic E-state index is -0.651. The van der Waals surface area contributed by atoms with Gasteiger partial charge in [0.15, 0.2) is 11.5 Å². The molecule has 0 amide bonds. The average Bonchev–Trinajstić information content (AvgIpc) is 2.85. The van der Waals surface area contributed by atoms with E-state index in [4.69, 9.17) is 28.3 Å². The molecule has 156 valence electrons. The number of benzene rings is 1. The maximum absolute atomic E-state index is 12.4. The number of carbonyl (C=O) groups excluding carboxylic acids is 1. The highest BCUT2D eigenvalue weighted by molar-refractivity contribution is 6.48. The van der Waals surface area contributed by atoms with E-state index in [0.717, 1.165) is 5.56 Å². The van der Waals surface area contributed by atoms with E-state index >= 15 is 0 Å². The van der Waals surface area contributed by atoms with Gasteiger partial charge in [-0.05, 0) is 46.2 Å². The monoisotopic (exact) mass is 394 g/mol. The average molecular weight is 394 g/mol. The van der Waals surface area contributed by atoms with Crippen molar-refractivity contribution in [3.8, 4) is 17.2 Å². The van der Waals surface area contributed by atoms with Crippen molar-refractivity contribution in [2.75, 3.05) is 27.9 Å². The van der Waals surface area contributed by atoms with Crippen molar-refractivity contribution in [3.63, 3.8) is 0 Å². The number of hydrogen-bond acceptors (Lipinski definition) is 7. The second-order valence-corrected chi connectivity index (χ2v) is 7.66. The standard InChI is InChI=1S/C20H31BO7/c1-9-26-16(22)12-14(21-27-19(2,3)20(4,5)28-21)13-10-11-15(23-6)18(25-8)17(13)24-7/h10-11,14H,9,12H2,1-8H3. The molecule has 2 rings (SSSR count). The highest BCUT2D eigenvalue weighted by Gasteiger charge is 2.55. The Morgan fingerprint density at radius 2 is 1.57 bits per heavy atom. The number of esters is 1. The van der Waals surface area contributed by atoms with E-state index in [9.17, 15) is 4.79 Å². The van der Waals surface area contributed by atoms with Crippen molar-refractivity contribution in [3.05, 3.63) is 17.7 Å². The maximum Gasteiger partial charge on any atom is 0.466 e. The van der Waals surface area contributed by atoms with Gasteiger partial charge in [-0.1, -0.05) is 6.07 Å². The van der Waals surface area contributed by atoms with Crippen LogP contribution in [0.25, 0.3) is 0 Å². The van der Waals surface area contributed by atoms with Crippen molar-refractivity contribution in [1.29, 1.82) is 0 Å². The first-order chi connectivity index (χ1) is 13.1. The van der Waals surface area contributed by atoms with E-state index in [1.165, 1.54) is 0 Å². The quantitative estimate of drug-likeness (QED) is 0.494. The third kappa shape index (κ3) is 4.23. The SMILES string of the molecule is CCOC(=O)CC(B1OC(C)(C)C(C)(C)O1)c1ccc(OC)c(OC)c1OC. The van der Waals surface area contributed by atoms with E-state index in [1.807, 2.05) is 33.8 Å². The fraction of sp³-hybridized carbons (Fsp3) is 0.650. The molecule has 0 aliphatic carbocycles. The predicted molar refractivity (Wildman–Crippen MR) is 106 cm³/mol. The van der Waals surface area contributed by atoms with Gasteiger partial charge in [0, 0.05) is 5.82 Å². The lowest BCUT2D eigenvalue weighted by Crippen LogP contribution is -2.41. The summed E-state index contributed by atoms with van der Waals surface area (Å²) in [6.45, 7) is 9.97. The smallest absolute Gasteiger partial charge is 0.466 e. The molecular formula is C20H31BO7. The van der Waals surface area contributed by atoms with Crippen LogP contribution in [0.15, 0.2) is 12.1 Å². The van der Waals surface area contributed by atoms with E-state index in [2.05, 4.69) is 0 Å². The summed E-state index contributed by atoms with van der Waals surface area (Å²) < 4.78 is 34.1. The van der Waals surface area contributed by atoms with Gasteiger partial charge in [-0.25, -0.2) is 0 Å². The van der Waals surface area contributed by atoms with Gasteiger partial charge >= 0.3 is 13.1 Å². The van der Waals surface area contributed by atoms with Crippen LogP contribution in [0.2, 0.25) is 0 Å². The van der Waals surface area contributed by atoms with Crippen molar-refractivity contribution in [1.82, 2.24) is 0 Å². The summed E-state index contributed by atoms with van der Waals surface area (Å²) in [5.74, 6) is 0.680. The van der Waals surface area contributed by atoms with Crippen LogP contribution >= 0.6 is 0 Å². The van der Waals surface area contributed by atoms with Gasteiger partial charge in [0.05, 0.1) is 45.6 Å². The third-order valence-electron chi connectivity index (χ3n) is 5.43. The fourth-order valence-electron chi connectivity index (χ4n) is 3.22. The van der Waals surface area contributed by atoms with Gasteiger partial charge in [-0.15, -0.1) is 0 Å². The third-order valence-corrected chi connectivity index (χ3v) is 5.43. The maximum atomic E-state index is 12.4. The summed E-state index contributed by atoms with van der Waals surface area (Å²) in [6, 6.07) is 3.62. The molecule has 1 unspecified atom stereocenters. The zero-order chi connectivity index (χ0) is 21.1. The first-order valence-corrected chi connectivity index (χ1v) is 9.42. The summed E-state index contributed by atoms with van der Waals surface area (Å²) in [6.07, 6.45) is 0.0799. The Labute approximate surface area is 167 Å². The van der Waals surface area contributed by atoms with Crippen molar-refractivity contribution >= 4 is 13.1 Å². The van der Waals surface area contributed by atoms with Crippen LogP contribution in [-0.2, 0) is 18.8 Å². The Balaban J connectivity index is 2.53. The lowest BCUT2D eigenvalue weighted by molar-refractivity contribution is -0.143. The summed E-state index contributed by atoms with van der Waals surface area (Å²) in [5, 5.41) is 0. The molecule has 7 nitrogen and oxygen atoms in total. The molecule has 0 radical (unpaired) electrons. The molecule has 1 atom stereocenters. The van der Waals surface area contributed by atoms with Crippen LogP contribution < -0.4 is 14.2 Å². The van der Waals surface area contributed by atoms with Gasteiger partial charge in [-0.2, -0.15) is 0 Å². The minimum Gasteiger partial charge on any atom is -0.493 e. The Morgan fingerprint density at radius 1 is 1.00 bits per heavy atom. The molecule has 0 bridgehead atoms. The van der Waals surface area contributed by atoms with Crippen LogP contribution in [0.1, 0.15) is 52.4 Å². The molecule has 0 saturated carbocycles. The normalized spacial score (nSPS) is 18.5. The first kappa shape index (κ1) is 22.4. The van der Waals surface area contributed by atoms with Crippen molar-refractivity contribution < 1.29 is 33.1 Å². The zero-order valence-corrected chi connectivity index (χ0v) is 18.1. The Hall–Kier alpha value is -1.93. The molecule has 1 fully saturated rings. The second-order valence-electron chi connectivity index (χ2n) is 7.66. The second kappa shape index (κ2) is 8.61. The molecule has 1 aromatic carbocycles. The largest absolute Gasteiger partial charge is 0.493 e. The molecule has 0 N–H and O–H groups in total. The molecule has 1 aliphatic heterocycles. The Bertz CT molecular complexity index is 686. The van der Waals surface area contributed by atoms with Crippen LogP contribution in [0.4, 0.5) is 0 Å². The van der Waals surface area contributed by atoms with Crippen LogP contribution in [0, 0.1) is 0 Å². The van der Waals surface area contributed by atoms with Gasteiger partial charge in [0.25, 0.3) is 0 Å². The van der Waals surface area contributed by atoms with Gasteiger partial charge in [-0.3, -0.25) is 4.79 Å². The molecule has 1 aromatic rings. The van der Waals surface area contributed by atoms with Crippen molar-refractivity contribution in [2.24, 2.45) is 0 Å². The van der Waals surface area contributed by atoms with Gasteiger partial charge < -0.3 is 28.3 Å². The molecule has 1 heterocycles. The van der Waals surface area contributed by atoms with E-state index in [1.54, 1.807) is 34.3 Å². The molecular weight excluding hydrogens is 363 g/mol. The molecule has 28 heavy (non-hydrogen) atoms. The zero-order valence-electron chi connectivity index (χ0n) is 18.1. The Morgan fingerprint density at radius 3 is 2.04 bits per heavy atom. The first-order valence-electron chi connectivity index (χ1n) is 9.42. The van der Waals surface area contributed by atoms with Gasteiger partial charge in [0.1, 0.15) is 0 Å². The van der Waals surface area contributed by atoms with Crippen LogP contribution in [-0.4, -0.2) is 52.2 Å². The predicted octanol–water partition coefficient (Wildman–Crippen LogP) is 3.38. The minimum absolute atomic E-state index is 0.0799. The highest BCUT2D eigenvalue weighted by atomic mass is 16.7. The van der Waals surface area contributed by atoms with Crippen LogP contribution in [0.3, 0.4) is 0 Å². The molecule has 1 saturated heterocycles. The van der Waals surface area contributed by atoms with E-state index < -0.39 is 24.1 Å². The molecule has 0 aromatic heterocycles. The molecule has 8 heteroatoms. The summed E-state index contributed by atoms with van der Waals surface area (Å²) in [5.41, 5.74) is -0.338. The molecule has 1 aliphatic rings. The topological polar surface area (TPSA) is 72.5 Å². The van der Waals surface area contributed by atoms with E-state index in [-0.39, 0.29) is 12.4 Å². The lowest BCUT2D eigenvalue weighted by Gasteiger charge is -2.32. The number of carbonyl (C=O) groups is 1. The number of hydrogen-bond donors (Lipinski definition) is 0. The van der Waals surface area contributed by atoms with Gasteiger partial charge in [0.2, 0.25) is 5.75 Å². The summed E-state index contributed by atoms with van der Waals surface area (Å²) in [7, 11) is 3.99. The molecule has 0 spiro atoms. The lowest BCUT2D eigenvalue weighted by atomic mass is 9.66. The van der Waals surface area contributed by atoms with Crippen LogP contribution in [0.5, 0.6) is 17.2 Å². The van der Waals surface area contributed by atoms with Crippen molar-refractivity contribution in [2.45, 2.75) is 58.1 Å².